The van der Waals surface area contributed by atoms with Crippen LogP contribution in [0, 0.1) is 17.5 Å². The first-order valence-electron chi connectivity index (χ1n) is 7.09. The molecule has 0 heterocycles. The Morgan fingerprint density at radius 1 is 0.957 bits per heavy atom. The van der Waals surface area contributed by atoms with E-state index in [1.54, 1.807) is 0 Å². The quantitative estimate of drug-likeness (QED) is 0.835. The van der Waals surface area contributed by atoms with Crippen molar-refractivity contribution in [1.82, 2.24) is 4.31 Å². The Morgan fingerprint density at radius 3 is 2.13 bits per heavy atom. The van der Waals surface area contributed by atoms with E-state index >= 15 is 0 Å². The minimum atomic E-state index is -4.10. The van der Waals surface area contributed by atoms with Gasteiger partial charge in [0.15, 0.2) is 0 Å². The molecule has 0 atom stereocenters. The largest absolute Gasteiger partial charge is 0.246 e. The molecule has 122 valence electrons. The molecule has 0 amide bonds. The van der Waals surface area contributed by atoms with Gasteiger partial charge in [-0.25, -0.2) is 21.6 Å². The minimum absolute atomic E-state index is 0.0180. The van der Waals surface area contributed by atoms with E-state index in [9.17, 15) is 21.6 Å². The molecule has 7 heteroatoms. The molecule has 3 nitrogen and oxygen atoms in total. The van der Waals surface area contributed by atoms with E-state index in [1.165, 1.54) is 28.6 Å². The van der Waals surface area contributed by atoms with E-state index in [-0.39, 0.29) is 12.6 Å². The van der Waals surface area contributed by atoms with Gasteiger partial charge in [0.05, 0.1) is 0 Å². The number of sulfonamides is 1. The van der Waals surface area contributed by atoms with Crippen molar-refractivity contribution in [3.05, 3.63) is 65.5 Å². The summed E-state index contributed by atoms with van der Waals surface area (Å²) >= 11 is 0. The molecule has 0 aromatic heterocycles. The van der Waals surface area contributed by atoms with Crippen LogP contribution in [0.1, 0.15) is 18.4 Å². The van der Waals surface area contributed by atoms with Crippen LogP contribution in [0.4, 0.5) is 13.2 Å². The molecule has 1 saturated carbocycles. The number of rotatable bonds is 5. The highest BCUT2D eigenvalue weighted by molar-refractivity contribution is 7.89. The van der Waals surface area contributed by atoms with Crippen LogP contribution < -0.4 is 0 Å². The van der Waals surface area contributed by atoms with Crippen molar-refractivity contribution >= 4 is 10.0 Å². The van der Waals surface area contributed by atoms with Gasteiger partial charge >= 0.3 is 0 Å². The second kappa shape index (κ2) is 5.98. The summed E-state index contributed by atoms with van der Waals surface area (Å²) in [5.74, 6) is -2.37. The fourth-order valence-corrected chi connectivity index (χ4v) is 4.07. The lowest BCUT2D eigenvalue weighted by molar-refractivity contribution is 0.395. The second-order valence-electron chi connectivity index (χ2n) is 5.48. The molecule has 2 aromatic carbocycles. The molecule has 1 aliphatic carbocycles. The molecule has 0 spiro atoms. The summed E-state index contributed by atoms with van der Waals surface area (Å²) in [7, 11) is -4.10. The van der Waals surface area contributed by atoms with E-state index in [4.69, 9.17) is 0 Å². The highest BCUT2D eigenvalue weighted by Crippen LogP contribution is 2.34. The molecule has 0 unspecified atom stereocenters. The highest BCUT2D eigenvalue weighted by atomic mass is 32.2. The SMILES string of the molecule is O=S(=O)(c1ccc(F)cc1F)N(Cc1ccc(F)cc1)C1CC1. The molecule has 3 rings (SSSR count). The zero-order chi connectivity index (χ0) is 16.6. The van der Waals surface area contributed by atoms with Gasteiger partial charge in [-0.15, -0.1) is 0 Å². The topological polar surface area (TPSA) is 37.4 Å². The smallest absolute Gasteiger partial charge is 0.207 e. The molecular weight excluding hydrogens is 327 g/mol. The highest BCUT2D eigenvalue weighted by Gasteiger charge is 2.39. The van der Waals surface area contributed by atoms with Crippen molar-refractivity contribution in [3.8, 4) is 0 Å². The zero-order valence-electron chi connectivity index (χ0n) is 12.0. The van der Waals surface area contributed by atoms with Crippen molar-refractivity contribution < 1.29 is 21.6 Å². The second-order valence-corrected chi connectivity index (χ2v) is 7.34. The third kappa shape index (κ3) is 3.40. The molecule has 1 fully saturated rings. The predicted molar refractivity (Wildman–Crippen MR) is 78.5 cm³/mol. The average Bonchev–Trinajstić information content (AvgIpc) is 3.30. The van der Waals surface area contributed by atoms with Gasteiger partial charge in [0.2, 0.25) is 10.0 Å². The maximum atomic E-state index is 13.9. The van der Waals surface area contributed by atoms with Gasteiger partial charge in [-0.2, -0.15) is 4.31 Å². The maximum Gasteiger partial charge on any atom is 0.246 e. The fourth-order valence-electron chi connectivity index (χ4n) is 2.35. The van der Waals surface area contributed by atoms with Crippen molar-refractivity contribution in [2.24, 2.45) is 0 Å². The monoisotopic (exact) mass is 341 g/mol. The Balaban J connectivity index is 1.95. The summed E-state index contributed by atoms with van der Waals surface area (Å²) in [4.78, 5) is -0.548. The molecule has 0 saturated heterocycles. The third-order valence-electron chi connectivity index (χ3n) is 3.69. The summed E-state index contributed by atoms with van der Waals surface area (Å²) in [6, 6.07) is 7.64. The van der Waals surface area contributed by atoms with Gasteiger partial charge < -0.3 is 0 Å². The normalized spacial score (nSPS) is 15.1. The number of hydrogen-bond donors (Lipinski definition) is 0. The minimum Gasteiger partial charge on any atom is -0.207 e. The summed E-state index contributed by atoms with van der Waals surface area (Å²) in [6.07, 6.45) is 1.37. The number of halogens is 3. The molecule has 0 N–H and O–H groups in total. The first kappa shape index (κ1) is 16.0. The lowest BCUT2D eigenvalue weighted by Gasteiger charge is -2.22. The van der Waals surface area contributed by atoms with Crippen LogP contribution in [0.2, 0.25) is 0 Å². The molecule has 2 aromatic rings. The first-order chi connectivity index (χ1) is 10.9. The third-order valence-corrected chi connectivity index (χ3v) is 5.62. The Hall–Kier alpha value is -1.86. The van der Waals surface area contributed by atoms with Crippen LogP contribution >= 0.6 is 0 Å². The number of hydrogen-bond acceptors (Lipinski definition) is 2. The molecule has 0 aliphatic heterocycles. The van der Waals surface area contributed by atoms with Crippen LogP contribution in [0.25, 0.3) is 0 Å². The van der Waals surface area contributed by atoms with Crippen molar-refractivity contribution in [2.75, 3.05) is 0 Å². The van der Waals surface area contributed by atoms with Gasteiger partial charge in [0, 0.05) is 18.7 Å². The van der Waals surface area contributed by atoms with E-state index in [1.807, 2.05) is 0 Å². The van der Waals surface area contributed by atoms with Crippen LogP contribution in [-0.2, 0) is 16.6 Å². The molecule has 23 heavy (non-hydrogen) atoms. The standard InChI is InChI=1S/C16H14F3NO2S/c17-12-3-1-11(2-4-12)10-20(14-6-7-14)23(21,22)16-8-5-13(18)9-15(16)19/h1-5,8-9,14H,6-7,10H2. The van der Waals surface area contributed by atoms with Gasteiger partial charge in [0.1, 0.15) is 22.3 Å². The van der Waals surface area contributed by atoms with Gasteiger partial charge in [-0.3, -0.25) is 0 Å². The summed E-state index contributed by atoms with van der Waals surface area (Å²) in [5, 5.41) is 0. The van der Waals surface area contributed by atoms with E-state index in [0.717, 1.165) is 12.1 Å². The number of benzene rings is 2. The van der Waals surface area contributed by atoms with Crippen LogP contribution in [-0.4, -0.2) is 18.8 Å². The number of nitrogens with zero attached hydrogens (tertiary/aromatic N) is 1. The molecule has 0 radical (unpaired) electrons. The maximum absolute atomic E-state index is 13.9. The lowest BCUT2D eigenvalue weighted by atomic mass is 10.2. The molecular formula is C16H14F3NO2S. The Kier molecular flexibility index (Phi) is 4.16. The average molecular weight is 341 g/mol. The zero-order valence-corrected chi connectivity index (χ0v) is 12.9. The summed E-state index contributed by atoms with van der Waals surface area (Å²) in [6.45, 7) is 0.0180. The van der Waals surface area contributed by atoms with Gasteiger partial charge in [-0.1, -0.05) is 12.1 Å². The van der Waals surface area contributed by atoms with Crippen molar-refractivity contribution in [2.45, 2.75) is 30.3 Å². The Bertz CT molecular complexity index is 818. The fraction of sp³-hybridized carbons (Fsp3) is 0.250. The summed E-state index contributed by atoms with van der Waals surface area (Å²) in [5.41, 5.74) is 0.601. The van der Waals surface area contributed by atoms with Gasteiger partial charge in [-0.05, 0) is 42.7 Å². The Labute approximate surface area is 132 Å². The molecule has 1 aliphatic rings. The van der Waals surface area contributed by atoms with Crippen molar-refractivity contribution in [3.63, 3.8) is 0 Å². The summed E-state index contributed by atoms with van der Waals surface area (Å²) < 4.78 is 66.5. The Morgan fingerprint density at radius 2 is 1.57 bits per heavy atom. The molecule has 0 bridgehead atoms. The van der Waals surface area contributed by atoms with E-state index in [2.05, 4.69) is 0 Å². The van der Waals surface area contributed by atoms with Crippen LogP contribution in [0.5, 0.6) is 0 Å². The van der Waals surface area contributed by atoms with E-state index < -0.39 is 32.4 Å². The van der Waals surface area contributed by atoms with Gasteiger partial charge in [0.25, 0.3) is 0 Å². The van der Waals surface area contributed by atoms with Crippen LogP contribution in [0.15, 0.2) is 47.4 Å². The van der Waals surface area contributed by atoms with E-state index in [0.29, 0.717) is 24.5 Å². The van der Waals surface area contributed by atoms with Crippen molar-refractivity contribution in [1.29, 1.82) is 0 Å². The lowest BCUT2D eigenvalue weighted by Crippen LogP contribution is -2.33. The first-order valence-corrected chi connectivity index (χ1v) is 8.53. The van der Waals surface area contributed by atoms with Crippen LogP contribution in [0.3, 0.4) is 0 Å². The predicted octanol–water partition coefficient (Wildman–Crippen LogP) is 3.46.